The molecule has 0 aliphatic heterocycles. The van der Waals surface area contributed by atoms with Crippen molar-refractivity contribution in [3.63, 3.8) is 0 Å². The number of nitrogens with one attached hydrogen (secondary N) is 2. The molecule has 2 aromatic carbocycles. The number of hydrogen-bond donors (Lipinski definition) is 2. The van der Waals surface area contributed by atoms with Crippen molar-refractivity contribution in [2.45, 2.75) is 23.6 Å². The molecule has 1 amide bonds. The summed E-state index contributed by atoms with van der Waals surface area (Å²) in [6, 6.07) is 15.3. The van der Waals surface area contributed by atoms with Crippen LogP contribution in [0.3, 0.4) is 0 Å². The average Bonchev–Trinajstić information content (AvgIpc) is 2.60. The number of benzene rings is 2. The van der Waals surface area contributed by atoms with E-state index in [4.69, 9.17) is 0 Å². The van der Waals surface area contributed by atoms with Crippen molar-refractivity contribution in [3.8, 4) is 0 Å². The van der Waals surface area contributed by atoms with Crippen LogP contribution in [-0.2, 0) is 15.6 Å². The highest BCUT2D eigenvalue weighted by atomic mass is 32.2. The number of rotatable bonds is 7. The fraction of sp³-hybridized carbons (Fsp3) is 0.278. The lowest BCUT2D eigenvalue weighted by Gasteiger charge is -2.12. The summed E-state index contributed by atoms with van der Waals surface area (Å²) in [6.07, 6.45) is 0. The summed E-state index contributed by atoms with van der Waals surface area (Å²) in [5, 5.41) is 5.81. The Morgan fingerprint density at radius 2 is 1.79 bits per heavy atom. The molecule has 128 valence electrons. The Kier molecular flexibility index (Phi) is 6.11. The molecule has 0 saturated heterocycles. The smallest absolute Gasteiger partial charge is 0.251 e. The molecular formula is C18H22N2O3S. The van der Waals surface area contributed by atoms with E-state index in [-0.39, 0.29) is 22.6 Å². The number of carbonyl (C=O) groups excluding carboxylic acids is 1. The first-order valence-electron chi connectivity index (χ1n) is 7.74. The van der Waals surface area contributed by atoms with Crippen molar-refractivity contribution in [2.75, 3.05) is 13.6 Å². The molecule has 2 N–H and O–H groups in total. The van der Waals surface area contributed by atoms with Crippen LogP contribution in [0.2, 0.25) is 0 Å². The van der Waals surface area contributed by atoms with E-state index < -0.39 is 9.84 Å². The van der Waals surface area contributed by atoms with Crippen molar-refractivity contribution in [2.24, 2.45) is 0 Å². The van der Waals surface area contributed by atoms with Crippen LogP contribution in [0.15, 0.2) is 59.5 Å². The van der Waals surface area contributed by atoms with Gasteiger partial charge in [0.05, 0.1) is 10.6 Å². The van der Waals surface area contributed by atoms with Gasteiger partial charge in [0.2, 0.25) is 0 Å². The lowest BCUT2D eigenvalue weighted by molar-refractivity contribution is 0.0950. The minimum atomic E-state index is -3.50. The van der Waals surface area contributed by atoms with Crippen LogP contribution in [0, 0.1) is 0 Å². The highest BCUT2D eigenvalue weighted by molar-refractivity contribution is 7.90. The molecular weight excluding hydrogens is 324 g/mol. The van der Waals surface area contributed by atoms with E-state index in [0.717, 1.165) is 5.56 Å². The van der Waals surface area contributed by atoms with E-state index >= 15 is 0 Å². The third-order valence-corrected chi connectivity index (χ3v) is 5.40. The van der Waals surface area contributed by atoms with Gasteiger partial charge in [-0.25, -0.2) is 8.42 Å². The predicted molar refractivity (Wildman–Crippen MR) is 94.6 cm³/mol. The first kappa shape index (κ1) is 18.2. The van der Waals surface area contributed by atoms with Crippen LogP contribution in [0.1, 0.15) is 22.8 Å². The highest BCUT2D eigenvalue weighted by Gasteiger charge is 2.17. The van der Waals surface area contributed by atoms with E-state index in [0.29, 0.717) is 12.1 Å². The highest BCUT2D eigenvalue weighted by Crippen LogP contribution is 2.17. The minimum Gasteiger partial charge on any atom is -0.350 e. The SMILES string of the molecule is CNC(C)CNC(=O)c1cccc(S(=O)(=O)Cc2ccccc2)c1. The first-order valence-corrected chi connectivity index (χ1v) is 9.40. The van der Waals surface area contributed by atoms with Gasteiger partial charge in [-0.3, -0.25) is 4.79 Å². The van der Waals surface area contributed by atoms with E-state index in [9.17, 15) is 13.2 Å². The van der Waals surface area contributed by atoms with Crippen molar-refractivity contribution >= 4 is 15.7 Å². The molecule has 2 rings (SSSR count). The Bertz CT molecular complexity index is 789. The van der Waals surface area contributed by atoms with Gasteiger partial charge in [-0.2, -0.15) is 0 Å². The molecule has 0 saturated carbocycles. The van der Waals surface area contributed by atoms with Crippen LogP contribution in [-0.4, -0.2) is 34.0 Å². The molecule has 5 nitrogen and oxygen atoms in total. The normalized spacial score (nSPS) is 12.6. The second-order valence-electron chi connectivity index (χ2n) is 5.67. The molecule has 0 heterocycles. The van der Waals surface area contributed by atoms with Gasteiger partial charge in [-0.15, -0.1) is 0 Å². The largest absolute Gasteiger partial charge is 0.350 e. The van der Waals surface area contributed by atoms with Crippen LogP contribution >= 0.6 is 0 Å². The zero-order chi connectivity index (χ0) is 17.6. The fourth-order valence-electron chi connectivity index (χ4n) is 2.16. The summed E-state index contributed by atoms with van der Waals surface area (Å²) < 4.78 is 25.1. The first-order chi connectivity index (χ1) is 11.4. The number of carbonyl (C=O) groups is 1. The molecule has 1 atom stereocenters. The van der Waals surface area contributed by atoms with Crippen LogP contribution in [0.4, 0.5) is 0 Å². The Hall–Kier alpha value is -2.18. The Morgan fingerprint density at radius 1 is 1.08 bits per heavy atom. The van der Waals surface area contributed by atoms with Crippen LogP contribution < -0.4 is 10.6 Å². The molecule has 6 heteroatoms. The zero-order valence-corrected chi connectivity index (χ0v) is 14.6. The molecule has 0 aromatic heterocycles. The Labute approximate surface area is 143 Å². The van der Waals surface area contributed by atoms with Gasteiger partial charge < -0.3 is 10.6 Å². The third kappa shape index (κ3) is 4.91. The third-order valence-electron chi connectivity index (χ3n) is 3.72. The maximum absolute atomic E-state index is 12.5. The topological polar surface area (TPSA) is 75.3 Å². The Morgan fingerprint density at radius 3 is 2.46 bits per heavy atom. The average molecular weight is 346 g/mol. The molecule has 1 unspecified atom stereocenters. The van der Waals surface area contributed by atoms with Crippen LogP contribution in [0.5, 0.6) is 0 Å². The van der Waals surface area contributed by atoms with Gasteiger partial charge in [0.25, 0.3) is 5.91 Å². The molecule has 0 fully saturated rings. The lowest BCUT2D eigenvalue weighted by atomic mass is 10.2. The number of hydrogen-bond acceptors (Lipinski definition) is 4. The van der Waals surface area contributed by atoms with Crippen molar-refractivity contribution in [1.29, 1.82) is 0 Å². The molecule has 24 heavy (non-hydrogen) atoms. The maximum atomic E-state index is 12.5. The monoisotopic (exact) mass is 346 g/mol. The van der Waals surface area contributed by atoms with Gasteiger partial charge >= 0.3 is 0 Å². The lowest BCUT2D eigenvalue weighted by Crippen LogP contribution is -2.37. The summed E-state index contributed by atoms with van der Waals surface area (Å²) in [4.78, 5) is 12.3. The van der Waals surface area contributed by atoms with E-state index in [1.807, 2.05) is 20.0 Å². The number of likely N-dealkylation sites (N-methyl/N-ethyl adjacent to an activating group) is 1. The van der Waals surface area contributed by atoms with Crippen molar-refractivity contribution in [1.82, 2.24) is 10.6 Å². The van der Waals surface area contributed by atoms with E-state index in [1.54, 1.807) is 36.4 Å². The molecule has 0 aliphatic carbocycles. The van der Waals surface area contributed by atoms with Crippen molar-refractivity contribution in [3.05, 3.63) is 65.7 Å². The zero-order valence-electron chi connectivity index (χ0n) is 13.8. The molecule has 2 aromatic rings. The van der Waals surface area contributed by atoms with Gasteiger partial charge in [-0.05, 0) is 37.7 Å². The minimum absolute atomic E-state index is 0.0876. The van der Waals surface area contributed by atoms with Gasteiger partial charge in [0, 0.05) is 18.2 Å². The molecule has 0 aliphatic rings. The summed E-state index contributed by atoms with van der Waals surface area (Å²) in [5.74, 6) is -0.371. The standard InChI is InChI=1S/C18H22N2O3S/c1-14(19-2)12-20-18(21)16-9-6-10-17(11-16)24(22,23)13-15-7-4-3-5-8-15/h3-11,14,19H,12-13H2,1-2H3,(H,20,21). The van der Waals surface area contributed by atoms with Gasteiger partial charge in [0.15, 0.2) is 9.84 Å². The Balaban J connectivity index is 2.15. The molecule has 0 bridgehead atoms. The second kappa shape index (κ2) is 8.08. The molecule has 0 radical (unpaired) electrons. The summed E-state index contributed by atoms with van der Waals surface area (Å²) >= 11 is 0. The number of amides is 1. The van der Waals surface area contributed by atoms with E-state index in [1.165, 1.54) is 12.1 Å². The quantitative estimate of drug-likeness (QED) is 0.804. The van der Waals surface area contributed by atoms with Crippen LogP contribution in [0.25, 0.3) is 0 Å². The fourth-order valence-corrected chi connectivity index (χ4v) is 3.55. The van der Waals surface area contributed by atoms with E-state index in [2.05, 4.69) is 10.6 Å². The number of sulfone groups is 1. The predicted octanol–water partition coefficient (Wildman–Crippen LogP) is 2.00. The summed E-state index contributed by atoms with van der Waals surface area (Å²) in [6.45, 7) is 2.41. The van der Waals surface area contributed by atoms with Crippen molar-refractivity contribution < 1.29 is 13.2 Å². The second-order valence-corrected chi connectivity index (χ2v) is 7.66. The van der Waals surface area contributed by atoms with Gasteiger partial charge in [0.1, 0.15) is 0 Å². The maximum Gasteiger partial charge on any atom is 0.251 e. The van der Waals surface area contributed by atoms with Gasteiger partial charge in [-0.1, -0.05) is 36.4 Å². The summed E-state index contributed by atoms with van der Waals surface area (Å²) in [5.41, 5.74) is 1.06. The summed E-state index contributed by atoms with van der Waals surface area (Å²) in [7, 11) is -1.68. The molecule has 0 spiro atoms.